The lowest BCUT2D eigenvalue weighted by molar-refractivity contribution is 0.0792. The Kier molecular flexibility index (Phi) is 15.7. The van der Waals surface area contributed by atoms with Crippen LogP contribution in [-0.4, -0.2) is 76.3 Å². The zero-order chi connectivity index (χ0) is 40.5. The lowest BCUT2D eigenvalue weighted by Crippen LogP contribution is -2.39. The van der Waals surface area contributed by atoms with Gasteiger partial charge in [0.05, 0.1) is 13.2 Å². The van der Waals surface area contributed by atoms with Crippen molar-refractivity contribution in [3.8, 4) is 33.2 Å². The van der Waals surface area contributed by atoms with Gasteiger partial charge in [0.2, 0.25) is 0 Å². The third kappa shape index (κ3) is 13.1. The molecule has 2 aliphatic heterocycles. The van der Waals surface area contributed by atoms with E-state index in [4.69, 9.17) is 18.9 Å². The van der Waals surface area contributed by atoms with E-state index in [9.17, 15) is 9.59 Å². The average molecular weight is 852 g/mol. The molecule has 3 aromatic carbocycles. The summed E-state index contributed by atoms with van der Waals surface area (Å²) < 4.78 is 22.6. The molecule has 0 N–H and O–H groups in total. The highest BCUT2D eigenvalue weighted by molar-refractivity contribution is 7.13. The van der Waals surface area contributed by atoms with Crippen LogP contribution in [0.25, 0.3) is 21.7 Å². The number of rotatable bonds is 14. The van der Waals surface area contributed by atoms with E-state index in [1.54, 1.807) is 33.5 Å². The van der Waals surface area contributed by atoms with Gasteiger partial charge in [0, 0.05) is 66.5 Å². The maximum Gasteiger partial charge on any atom is 0.410 e. The molecule has 59 heavy (non-hydrogen) atoms. The molecule has 11 nitrogen and oxygen atoms in total. The number of hydrogen-bond donors (Lipinski definition) is 0. The molecule has 2 aliphatic rings. The highest BCUT2D eigenvalue weighted by atomic mass is 32.1. The van der Waals surface area contributed by atoms with Crippen molar-refractivity contribution in [2.24, 2.45) is 11.8 Å². The minimum absolute atomic E-state index is 0.238. The van der Waals surface area contributed by atoms with Crippen LogP contribution in [0, 0.1) is 11.8 Å². The standard InChI is InChI=1S/C24H26N2O3S.C21H23N3O3S2/c27-24(29-18-23-25-12-16-30-23)26-13-9-19(10-14-26)11-15-28-22-8-4-7-21(17-22)20-5-2-1-3-6-20;25-21(27-15-19-22-8-13-28-19)24-10-5-16(6-11-24)7-12-26-18-3-1-17(2-4-18)20-23-9-14-29-20/h1-8,12,16-17,19H,9-11,13-15,18H2;1-4,8-9,13-14,16H,5-7,10-12,15H2. The highest BCUT2D eigenvalue weighted by Gasteiger charge is 2.25. The number of likely N-dealkylation sites (tertiary alicyclic amines) is 2. The van der Waals surface area contributed by atoms with Gasteiger partial charge in [-0.1, -0.05) is 42.5 Å². The van der Waals surface area contributed by atoms with E-state index in [-0.39, 0.29) is 25.4 Å². The monoisotopic (exact) mass is 851 g/mol. The molecule has 0 unspecified atom stereocenters. The van der Waals surface area contributed by atoms with Crippen LogP contribution in [0.3, 0.4) is 0 Å². The van der Waals surface area contributed by atoms with E-state index in [1.165, 1.54) is 28.2 Å². The van der Waals surface area contributed by atoms with Crippen LogP contribution >= 0.6 is 34.0 Å². The van der Waals surface area contributed by atoms with Crippen LogP contribution in [0.4, 0.5) is 9.59 Å². The lowest BCUT2D eigenvalue weighted by atomic mass is 9.94. The number of carbonyl (C=O) groups is 2. The quantitative estimate of drug-likeness (QED) is 0.106. The van der Waals surface area contributed by atoms with Crippen molar-refractivity contribution in [3.05, 3.63) is 124 Å². The second-order valence-electron chi connectivity index (χ2n) is 14.4. The summed E-state index contributed by atoms with van der Waals surface area (Å²) in [7, 11) is 0. The van der Waals surface area contributed by atoms with E-state index in [2.05, 4.69) is 39.2 Å². The molecule has 2 fully saturated rings. The number of benzene rings is 3. The number of thiazole rings is 3. The second kappa shape index (κ2) is 22.2. The van der Waals surface area contributed by atoms with E-state index >= 15 is 0 Å². The molecule has 0 bridgehead atoms. The van der Waals surface area contributed by atoms with Gasteiger partial charge in [-0.3, -0.25) is 0 Å². The molecule has 0 atom stereocenters. The number of carbonyl (C=O) groups excluding carboxylic acids is 2. The third-order valence-electron chi connectivity index (χ3n) is 10.4. The first-order valence-electron chi connectivity index (χ1n) is 20.1. The maximum atomic E-state index is 12.2. The van der Waals surface area contributed by atoms with Crippen molar-refractivity contribution >= 4 is 46.2 Å². The maximum absolute atomic E-state index is 12.2. The van der Waals surface area contributed by atoms with Crippen LogP contribution in [0.15, 0.2) is 114 Å². The fourth-order valence-electron chi connectivity index (χ4n) is 7.03. The van der Waals surface area contributed by atoms with Gasteiger partial charge in [-0.05, 0) is 97.9 Å². The lowest BCUT2D eigenvalue weighted by Gasteiger charge is -2.31. The Bertz CT molecular complexity index is 2100. The van der Waals surface area contributed by atoms with Crippen LogP contribution in [0.2, 0.25) is 0 Å². The molecule has 2 amide bonds. The van der Waals surface area contributed by atoms with E-state index < -0.39 is 0 Å². The Morgan fingerprint density at radius 2 is 1.08 bits per heavy atom. The number of ether oxygens (including phenoxy) is 4. The van der Waals surface area contributed by atoms with Gasteiger partial charge < -0.3 is 28.7 Å². The van der Waals surface area contributed by atoms with Gasteiger partial charge in [0.1, 0.15) is 39.7 Å². The van der Waals surface area contributed by atoms with Gasteiger partial charge >= 0.3 is 12.2 Å². The molecule has 0 aliphatic carbocycles. The fraction of sp³-hybridized carbons (Fsp3) is 0.356. The van der Waals surface area contributed by atoms with Gasteiger partial charge in [-0.25, -0.2) is 24.5 Å². The van der Waals surface area contributed by atoms with Crippen molar-refractivity contribution in [1.29, 1.82) is 0 Å². The van der Waals surface area contributed by atoms with Crippen LogP contribution in [-0.2, 0) is 22.7 Å². The summed E-state index contributed by atoms with van der Waals surface area (Å²) in [6.45, 7) is 4.86. The van der Waals surface area contributed by atoms with Crippen molar-refractivity contribution in [2.45, 2.75) is 51.7 Å². The molecular formula is C45H49N5O6S3. The second-order valence-corrected chi connectivity index (χ2v) is 17.2. The molecule has 0 saturated carbocycles. The highest BCUT2D eigenvalue weighted by Crippen LogP contribution is 2.27. The molecule has 14 heteroatoms. The van der Waals surface area contributed by atoms with E-state index in [0.717, 1.165) is 102 Å². The van der Waals surface area contributed by atoms with Gasteiger partial charge in [-0.15, -0.1) is 34.0 Å². The fourth-order valence-corrected chi connectivity index (χ4v) is 8.73. The molecule has 8 rings (SSSR count). The largest absolute Gasteiger partial charge is 0.494 e. The first-order valence-corrected chi connectivity index (χ1v) is 22.7. The molecule has 0 radical (unpaired) electrons. The van der Waals surface area contributed by atoms with Gasteiger partial charge in [-0.2, -0.15) is 0 Å². The zero-order valence-corrected chi connectivity index (χ0v) is 35.4. The van der Waals surface area contributed by atoms with Gasteiger partial charge in [0.15, 0.2) is 0 Å². The summed E-state index contributed by atoms with van der Waals surface area (Å²) in [5.41, 5.74) is 3.47. The van der Waals surface area contributed by atoms with Crippen molar-refractivity contribution in [2.75, 3.05) is 39.4 Å². The molecule has 308 valence electrons. The minimum atomic E-state index is -0.241. The molecule has 3 aromatic heterocycles. The summed E-state index contributed by atoms with van der Waals surface area (Å²) in [4.78, 5) is 40.5. The minimum Gasteiger partial charge on any atom is -0.494 e. The summed E-state index contributed by atoms with van der Waals surface area (Å²) in [5.74, 6) is 2.94. The zero-order valence-electron chi connectivity index (χ0n) is 32.9. The molecule has 2 saturated heterocycles. The first kappa shape index (κ1) is 41.8. The van der Waals surface area contributed by atoms with Gasteiger partial charge in [0.25, 0.3) is 0 Å². The summed E-state index contributed by atoms with van der Waals surface area (Å²) in [6, 6.07) is 26.7. The van der Waals surface area contributed by atoms with Crippen molar-refractivity contribution in [3.63, 3.8) is 0 Å². The Morgan fingerprint density at radius 1 is 0.559 bits per heavy atom. The number of hydrogen-bond acceptors (Lipinski definition) is 12. The predicted molar refractivity (Wildman–Crippen MR) is 233 cm³/mol. The summed E-state index contributed by atoms with van der Waals surface area (Å²) in [5, 5.41) is 8.41. The Labute approximate surface area is 357 Å². The predicted octanol–water partition coefficient (Wildman–Crippen LogP) is 10.7. The topological polar surface area (TPSA) is 116 Å². The smallest absolute Gasteiger partial charge is 0.410 e. The molecular weight excluding hydrogens is 803 g/mol. The molecule has 6 aromatic rings. The van der Waals surface area contributed by atoms with Crippen LogP contribution in [0.1, 0.15) is 48.5 Å². The van der Waals surface area contributed by atoms with Crippen molar-refractivity contribution in [1.82, 2.24) is 24.8 Å². The number of nitrogens with zero attached hydrogens (tertiary/aromatic N) is 5. The summed E-state index contributed by atoms with van der Waals surface area (Å²) >= 11 is 4.63. The Morgan fingerprint density at radius 3 is 1.61 bits per heavy atom. The number of aromatic nitrogens is 3. The normalized spacial score (nSPS) is 14.6. The number of amides is 2. The Hall–Kier alpha value is -5.31. The van der Waals surface area contributed by atoms with Crippen molar-refractivity contribution < 1.29 is 28.5 Å². The first-order chi connectivity index (χ1) is 29.1. The Balaban J connectivity index is 0.000000179. The molecule has 0 spiro atoms. The van der Waals surface area contributed by atoms with E-state index in [1.807, 2.05) is 76.9 Å². The SMILES string of the molecule is O=C(OCc1nccs1)N1CCC(CCOc2ccc(-c3nccs3)cc2)CC1.O=C(OCc1nccs1)N1CCC(CCOc2cccc(-c3ccccc3)c2)CC1. The van der Waals surface area contributed by atoms with Crippen LogP contribution in [0.5, 0.6) is 11.5 Å². The number of piperidine rings is 2. The van der Waals surface area contributed by atoms with E-state index in [0.29, 0.717) is 25.0 Å². The molecule has 5 heterocycles. The average Bonchev–Trinajstić information content (AvgIpc) is 4.12. The summed E-state index contributed by atoms with van der Waals surface area (Å²) in [6.07, 6.45) is 10.7. The third-order valence-corrected chi connectivity index (χ3v) is 12.7. The van der Waals surface area contributed by atoms with Crippen LogP contribution < -0.4 is 9.47 Å².